The van der Waals surface area contributed by atoms with E-state index in [1.54, 1.807) is 10.9 Å². The van der Waals surface area contributed by atoms with Gasteiger partial charge in [-0.05, 0) is 23.3 Å². The number of aliphatic hydroxyl groups excluding tert-OH is 1. The first kappa shape index (κ1) is 20.2. The van der Waals surface area contributed by atoms with Gasteiger partial charge in [0.05, 0.1) is 31.7 Å². The zero-order valence-electron chi connectivity index (χ0n) is 15.5. The van der Waals surface area contributed by atoms with Gasteiger partial charge in [0.25, 0.3) is 0 Å². The molecule has 0 aliphatic carbocycles. The highest BCUT2D eigenvalue weighted by atomic mass is 35.5. The van der Waals surface area contributed by atoms with Gasteiger partial charge < -0.3 is 24.9 Å². The highest BCUT2D eigenvalue weighted by Gasteiger charge is 2.32. The number of hydrogen-bond acceptors (Lipinski definition) is 5. The van der Waals surface area contributed by atoms with Gasteiger partial charge in [-0.25, -0.2) is 4.98 Å². The van der Waals surface area contributed by atoms with Crippen molar-refractivity contribution in [3.05, 3.63) is 81.9 Å². The van der Waals surface area contributed by atoms with E-state index in [4.69, 9.17) is 38.4 Å². The summed E-state index contributed by atoms with van der Waals surface area (Å²) in [6.45, 7) is 0.495. The van der Waals surface area contributed by atoms with Crippen LogP contribution in [0.15, 0.2) is 54.9 Å². The fourth-order valence-electron chi connectivity index (χ4n) is 3.43. The average Bonchev–Trinajstić information content (AvgIpc) is 3.06. The third-order valence-corrected chi connectivity index (χ3v) is 5.70. The molecule has 29 heavy (non-hydrogen) atoms. The standard InChI is InChI=1S/C21H21Cl2N3O3/c22-19-20(23)26(12-25-19)10-17-9-18(14-6-4-13(11-27)5-7-14)29-21(28-17)15-2-1-3-16(24)8-15/h1-8,12,17-18,21,27H,9-11,24H2/t17-,18+,21+/m1/s1. The average molecular weight is 434 g/mol. The van der Waals surface area contributed by atoms with Crippen LogP contribution in [-0.2, 0) is 22.6 Å². The van der Waals surface area contributed by atoms with Crippen molar-refractivity contribution in [3.63, 3.8) is 0 Å². The number of nitrogen functional groups attached to an aromatic ring is 1. The lowest BCUT2D eigenvalue weighted by atomic mass is 10.00. The van der Waals surface area contributed by atoms with Crippen LogP contribution < -0.4 is 5.73 Å². The molecule has 6 nitrogen and oxygen atoms in total. The lowest BCUT2D eigenvalue weighted by Crippen LogP contribution is -2.32. The Balaban J connectivity index is 1.61. The summed E-state index contributed by atoms with van der Waals surface area (Å²) in [4.78, 5) is 4.04. The number of aromatic nitrogens is 2. The highest BCUT2D eigenvalue weighted by Crippen LogP contribution is 2.39. The van der Waals surface area contributed by atoms with E-state index in [1.807, 2.05) is 48.5 Å². The van der Waals surface area contributed by atoms with Crippen LogP contribution in [0.3, 0.4) is 0 Å². The maximum Gasteiger partial charge on any atom is 0.185 e. The molecule has 2 heterocycles. The molecule has 0 radical (unpaired) electrons. The molecule has 1 aliphatic heterocycles. The second-order valence-electron chi connectivity index (χ2n) is 7.00. The van der Waals surface area contributed by atoms with Crippen molar-refractivity contribution in [3.8, 4) is 0 Å². The van der Waals surface area contributed by atoms with E-state index >= 15 is 0 Å². The second kappa shape index (κ2) is 8.73. The molecule has 1 aromatic heterocycles. The van der Waals surface area contributed by atoms with E-state index in [-0.39, 0.29) is 24.0 Å². The summed E-state index contributed by atoms with van der Waals surface area (Å²) < 4.78 is 14.3. The van der Waals surface area contributed by atoms with Crippen molar-refractivity contribution in [1.29, 1.82) is 0 Å². The SMILES string of the molecule is Nc1cccc([C@H]2O[C@@H](Cn3cnc(Cl)c3Cl)C[C@@H](c3ccc(CO)cc3)O2)c1. The van der Waals surface area contributed by atoms with E-state index in [2.05, 4.69) is 4.98 Å². The van der Waals surface area contributed by atoms with Crippen LogP contribution in [0.2, 0.25) is 10.3 Å². The van der Waals surface area contributed by atoms with Crippen LogP contribution >= 0.6 is 23.2 Å². The van der Waals surface area contributed by atoms with Crippen LogP contribution in [0.25, 0.3) is 0 Å². The van der Waals surface area contributed by atoms with Crippen LogP contribution in [0.4, 0.5) is 5.69 Å². The van der Waals surface area contributed by atoms with E-state index in [0.29, 0.717) is 23.8 Å². The molecule has 0 amide bonds. The Labute approximate surface area is 178 Å². The molecule has 3 aromatic rings. The van der Waals surface area contributed by atoms with Crippen LogP contribution in [0.5, 0.6) is 0 Å². The maximum atomic E-state index is 9.29. The highest BCUT2D eigenvalue weighted by molar-refractivity contribution is 6.40. The first-order chi connectivity index (χ1) is 14.0. The number of rotatable bonds is 5. The molecule has 2 aromatic carbocycles. The van der Waals surface area contributed by atoms with Crippen molar-refractivity contribution >= 4 is 28.9 Å². The number of benzene rings is 2. The van der Waals surface area contributed by atoms with Gasteiger partial charge in [-0.2, -0.15) is 0 Å². The molecule has 152 valence electrons. The van der Waals surface area contributed by atoms with Gasteiger partial charge in [0.15, 0.2) is 11.4 Å². The van der Waals surface area contributed by atoms with Crippen molar-refractivity contribution in [2.45, 2.75) is 38.1 Å². The molecule has 0 saturated carbocycles. The Morgan fingerprint density at radius 1 is 1.10 bits per heavy atom. The smallest absolute Gasteiger partial charge is 0.185 e. The second-order valence-corrected chi connectivity index (χ2v) is 7.71. The minimum absolute atomic E-state index is 0.00332. The minimum Gasteiger partial charge on any atom is -0.399 e. The van der Waals surface area contributed by atoms with Gasteiger partial charge >= 0.3 is 0 Å². The largest absolute Gasteiger partial charge is 0.399 e. The van der Waals surface area contributed by atoms with Gasteiger partial charge in [-0.15, -0.1) is 0 Å². The number of anilines is 1. The number of hydrogen-bond donors (Lipinski definition) is 2. The topological polar surface area (TPSA) is 82.5 Å². The molecule has 4 rings (SSSR count). The molecule has 1 saturated heterocycles. The zero-order chi connectivity index (χ0) is 20.4. The lowest BCUT2D eigenvalue weighted by molar-refractivity contribution is -0.252. The Kier molecular flexibility index (Phi) is 6.08. The van der Waals surface area contributed by atoms with Crippen LogP contribution in [0.1, 0.15) is 35.5 Å². The molecule has 0 unspecified atom stereocenters. The Morgan fingerprint density at radius 3 is 2.55 bits per heavy atom. The molecule has 1 aliphatic rings. The number of nitrogens with two attached hydrogens (primary N) is 1. The van der Waals surface area contributed by atoms with Gasteiger partial charge in [-0.3, -0.25) is 0 Å². The van der Waals surface area contributed by atoms with Crippen molar-refractivity contribution in [2.24, 2.45) is 0 Å². The van der Waals surface area contributed by atoms with Gasteiger partial charge in [0, 0.05) is 17.7 Å². The van der Waals surface area contributed by atoms with Crippen molar-refractivity contribution in [1.82, 2.24) is 9.55 Å². The Morgan fingerprint density at radius 2 is 1.90 bits per heavy atom. The van der Waals surface area contributed by atoms with Crippen molar-refractivity contribution in [2.75, 3.05) is 5.73 Å². The third-order valence-electron chi connectivity index (χ3n) is 4.93. The summed E-state index contributed by atoms with van der Waals surface area (Å²) in [5.41, 5.74) is 9.30. The fraction of sp³-hybridized carbons (Fsp3) is 0.286. The Hall–Kier alpha value is -2.09. The summed E-state index contributed by atoms with van der Waals surface area (Å²) in [6, 6.07) is 15.2. The summed E-state index contributed by atoms with van der Waals surface area (Å²) in [5, 5.41) is 9.94. The van der Waals surface area contributed by atoms with Gasteiger partial charge in [0.2, 0.25) is 0 Å². The summed E-state index contributed by atoms with van der Waals surface area (Å²) in [6.07, 6.45) is 1.29. The molecular formula is C21H21Cl2N3O3. The van der Waals surface area contributed by atoms with E-state index in [9.17, 15) is 5.11 Å². The maximum absolute atomic E-state index is 9.29. The third kappa shape index (κ3) is 4.57. The minimum atomic E-state index is -0.572. The monoisotopic (exact) mass is 433 g/mol. The predicted octanol–water partition coefficient (Wildman–Crippen LogP) is 4.51. The number of ether oxygens (including phenoxy) is 2. The lowest BCUT2D eigenvalue weighted by Gasteiger charge is -2.36. The molecule has 8 heteroatoms. The quantitative estimate of drug-likeness (QED) is 0.578. The van der Waals surface area contributed by atoms with E-state index in [0.717, 1.165) is 16.7 Å². The number of aliphatic hydroxyl groups is 1. The van der Waals surface area contributed by atoms with Gasteiger partial charge in [0.1, 0.15) is 5.15 Å². The number of imidazole rings is 1. The molecule has 1 fully saturated rings. The summed E-state index contributed by atoms with van der Waals surface area (Å²) >= 11 is 12.2. The fourth-order valence-corrected chi connectivity index (χ4v) is 3.74. The van der Waals surface area contributed by atoms with E-state index in [1.165, 1.54) is 0 Å². The van der Waals surface area contributed by atoms with E-state index < -0.39 is 6.29 Å². The Bertz CT molecular complexity index is 978. The molecule has 0 bridgehead atoms. The summed E-state index contributed by atoms with van der Waals surface area (Å²) in [7, 11) is 0. The molecule has 0 spiro atoms. The molecule has 3 atom stereocenters. The van der Waals surface area contributed by atoms with Gasteiger partial charge in [-0.1, -0.05) is 59.6 Å². The summed E-state index contributed by atoms with van der Waals surface area (Å²) in [5.74, 6) is 0. The molecule has 3 N–H and O–H groups in total. The predicted molar refractivity (Wildman–Crippen MR) is 112 cm³/mol. The normalized spacial score (nSPS) is 22.0. The molecular weight excluding hydrogens is 413 g/mol. The van der Waals surface area contributed by atoms with Crippen LogP contribution in [-0.4, -0.2) is 20.8 Å². The van der Waals surface area contributed by atoms with Crippen molar-refractivity contribution < 1.29 is 14.6 Å². The zero-order valence-corrected chi connectivity index (χ0v) is 17.1. The number of halogens is 2. The number of nitrogens with zero attached hydrogens (tertiary/aromatic N) is 2. The first-order valence-corrected chi connectivity index (χ1v) is 10.0. The van der Waals surface area contributed by atoms with Crippen LogP contribution in [0, 0.1) is 0 Å². The first-order valence-electron chi connectivity index (χ1n) is 9.25.